The molecule has 0 radical (unpaired) electrons. The Bertz CT molecular complexity index is 829. The van der Waals surface area contributed by atoms with Crippen molar-refractivity contribution in [3.63, 3.8) is 0 Å². The topological polar surface area (TPSA) is 160 Å². The molecule has 9 nitrogen and oxygen atoms in total. The van der Waals surface area contributed by atoms with Crippen molar-refractivity contribution in [1.29, 1.82) is 0 Å². The number of aliphatic carboxylic acids is 1. The third-order valence-electron chi connectivity index (χ3n) is 3.01. The van der Waals surface area contributed by atoms with Crippen LogP contribution in [0, 0.1) is 0 Å². The van der Waals surface area contributed by atoms with E-state index in [1.54, 1.807) is 0 Å². The van der Waals surface area contributed by atoms with Gasteiger partial charge in [0, 0.05) is 6.07 Å². The number of aromatic hydroxyl groups is 3. The van der Waals surface area contributed by atoms with E-state index in [0.717, 1.165) is 6.07 Å². The van der Waals surface area contributed by atoms with Crippen LogP contribution in [0.25, 0.3) is 0 Å². The number of hydrogen-bond acceptors (Lipinski definition) is 7. The van der Waals surface area contributed by atoms with Crippen molar-refractivity contribution in [2.75, 3.05) is 0 Å². The Hall–Kier alpha value is -3.62. The molecule has 0 aliphatic rings. The maximum atomic E-state index is 11.1. The molecule has 0 aliphatic heterocycles. The Kier molecular flexibility index (Phi) is 4.64. The lowest BCUT2D eigenvalue weighted by molar-refractivity contribution is -0.136. The Labute approximate surface area is 134 Å². The minimum absolute atomic E-state index is 0.160. The minimum Gasteiger partial charge on any atom is -0.504 e. The number of phenolic OH excluding ortho intramolecular Hbond substituents is 3. The van der Waals surface area contributed by atoms with Crippen LogP contribution in [-0.2, 0) is 11.2 Å². The fourth-order valence-electron chi connectivity index (χ4n) is 1.86. The summed E-state index contributed by atoms with van der Waals surface area (Å²) in [6.45, 7) is 0. The second-order valence-corrected chi connectivity index (χ2v) is 4.73. The summed E-state index contributed by atoms with van der Waals surface area (Å²) >= 11 is 0. The zero-order valence-corrected chi connectivity index (χ0v) is 12.0. The van der Waals surface area contributed by atoms with Crippen LogP contribution in [-0.4, -0.2) is 37.5 Å². The SMILES string of the molecule is O=C(O)Cc1ccc(/N=N/c2c(C(=O)O)cc(O)c(O)c2O)cc1. The van der Waals surface area contributed by atoms with Crippen molar-refractivity contribution in [1.82, 2.24) is 0 Å². The number of hydrogen-bond donors (Lipinski definition) is 5. The molecule has 0 saturated heterocycles. The summed E-state index contributed by atoms with van der Waals surface area (Å²) in [4.78, 5) is 21.7. The van der Waals surface area contributed by atoms with Crippen LogP contribution in [0.1, 0.15) is 15.9 Å². The van der Waals surface area contributed by atoms with Gasteiger partial charge >= 0.3 is 11.9 Å². The number of benzene rings is 2. The summed E-state index contributed by atoms with van der Waals surface area (Å²) in [5.74, 6) is -5.10. The van der Waals surface area contributed by atoms with Gasteiger partial charge in [0.05, 0.1) is 17.7 Å². The highest BCUT2D eigenvalue weighted by Gasteiger charge is 2.21. The Balaban J connectivity index is 2.36. The first kappa shape index (κ1) is 16.7. The van der Waals surface area contributed by atoms with Gasteiger partial charge in [-0.25, -0.2) is 4.79 Å². The van der Waals surface area contributed by atoms with Crippen LogP contribution in [0.5, 0.6) is 17.2 Å². The number of carbonyl (C=O) groups is 2. The zero-order valence-electron chi connectivity index (χ0n) is 12.0. The number of carboxylic acid groups (broad SMARTS) is 2. The van der Waals surface area contributed by atoms with Crippen LogP contribution in [0.2, 0.25) is 0 Å². The molecule has 0 fully saturated rings. The van der Waals surface area contributed by atoms with E-state index in [-0.39, 0.29) is 12.1 Å². The molecule has 0 heterocycles. The Morgan fingerprint density at radius 1 is 0.917 bits per heavy atom. The van der Waals surface area contributed by atoms with Gasteiger partial charge in [-0.15, -0.1) is 5.11 Å². The molecule has 0 saturated carbocycles. The van der Waals surface area contributed by atoms with Gasteiger partial charge in [-0.3, -0.25) is 4.79 Å². The monoisotopic (exact) mass is 332 g/mol. The van der Waals surface area contributed by atoms with Gasteiger partial charge in [0.15, 0.2) is 11.5 Å². The highest BCUT2D eigenvalue weighted by molar-refractivity contribution is 5.96. The number of nitrogens with zero attached hydrogens (tertiary/aromatic N) is 2. The average molecular weight is 332 g/mol. The standard InChI is InChI=1S/C15H12N2O7/c18-10-6-9(15(23)24)12(14(22)13(10)21)17-16-8-3-1-7(2-4-8)5-11(19)20/h1-4,6,18,21-22H,5H2,(H,19,20)(H,23,24)/b17-16+. The van der Waals surface area contributed by atoms with Gasteiger partial charge < -0.3 is 25.5 Å². The minimum atomic E-state index is -1.48. The second-order valence-electron chi connectivity index (χ2n) is 4.73. The molecule has 2 aromatic carbocycles. The third-order valence-corrected chi connectivity index (χ3v) is 3.01. The quantitative estimate of drug-likeness (QED) is 0.415. The summed E-state index contributed by atoms with van der Waals surface area (Å²) in [7, 11) is 0. The van der Waals surface area contributed by atoms with E-state index in [1.165, 1.54) is 24.3 Å². The molecule has 0 atom stereocenters. The fourth-order valence-corrected chi connectivity index (χ4v) is 1.86. The maximum absolute atomic E-state index is 11.1. The number of aromatic carboxylic acids is 1. The molecule has 9 heteroatoms. The van der Waals surface area contributed by atoms with E-state index in [1.807, 2.05) is 0 Å². The van der Waals surface area contributed by atoms with Crippen LogP contribution in [0.4, 0.5) is 11.4 Å². The summed E-state index contributed by atoms with van der Waals surface area (Å²) in [5, 5.41) is 53.6. The van der Waals surface area contributed by atoms with Gasteiger partial charge in [-0.1, -0.05) is 12.1 Å². The smallest absolute Gasteiger partial charge is 0.338 e. The van der Waals surface area contributed by atoms with Gasteiger partial charge in [-0.05, 0) is 17.7 Å². The highest BCUT2D eigenvalue weighted by atomic mass is 16.4. The van der Waals surface area contributed by atoms with Crippen molar-refractivity contribution in [2.45, 2.75) is 6.42 Å². The van der Waals surface area contributed by atoms with Crippen molar-refractivity contribution in [3.8, 4) is 17.2 Å². The molecule has 124 valence electrons. The van der Waals surface area contributed by atoms with Crippen LogP contribution < -0.4 is 0 Å². The molecule has 0 bridgehead atoms. The number of carboxylic acids is 2. The highest BCUT2D eigenvalue weighted by Crippen LogP contribution is 2.45. The van der Waals surface area contributed by atoms with Gasteiger partial charge in [0.25, 0.3) is 0 Å². The third kappa shape index (κ3) is 3.58. The Morgan fingerprint density at radius 2 is 1.54 bits per heavy atom. The van der Waals surface area contributed by atoms with Crippen molar-refractivity contribution in [2.24, 2.45) is 10.2 Å². The molecule has 0 aliphatic carbocycles. The second kappa shape index (κ2) is 6.65. The summed E-state index contributed by atoms with van der Waals surface area (Å²) in [6.07, 6.45) is -0.160. The number of azo groups is 1. The number of rotatable bonds is 5. The lowest BCUT2D eigenvalue weighted by Gasteiger charge is -2.06. The molecule has 5 N–H and O–H groups in total. The van der Waals surface area contributed by atoms with E-state index < -0.39 is 40.4 Å². The number of phenols is 3. The summed E-state index contributed by atoms with van der Waals surface area (Å²) in [5.41, 5.74) is -0.258. The summed E-state index contributed by atoms with van der Waals surface area (Å²) in [6, 6.07) is 6.67. The van der Waals surface area contributed by atoms with E-state index >= 15 is 0 Å². The van der Waals surface area contributed by atoms with Crippen LogP contribution in [0.15, 0.2) is 40.6 Å². The predicted molar refractivity (Wildman–Crippen MR) is 80.4 cm³/mol. The molecule has 0 unspecified atom stereocenters. The first-order chi connectivity index (χ1) is 11.3. The van der Waals surface area contributed by atoms with E-state index in [0.29, 0.717) is 5.56 Å². The van der Waals surface area contributed by atoms with Crippen molar-refractivity contribution < 1.29 is 35.1 Å². The maximum Gasteiger partial charge on any atom is 0.338 e. The normalized spacial score (nSPS) is 10.8. The molecular weight excluding hydrogens is 320 g/mol. The molecule has 0 spiro atoms. The van der Waals surface area contributed by atoms with E-state index in [4.69, 9.17) is 10.2 Å². The zero-order chi connectivity index (χ0) is 17.9. The van der Waals surface area contributed by atoms with E-state index in [2.05, 4.69) is 10.2 Å². The first-order valence-electron chi connectivity index (χ1n) is 6.53. The van der Waals surface area contributed by atoms with Crippen LogP contribution >= 0.6 is 0 Å². The molecular formula is C15H12N2O7. The molecule has 2 rings (SSSR count). The van der Waals surface area contributed by atoms with Crippen LogP contribution in [0.3, 0.4) is 0 Å². The molecule has 0 aromatic heterocycles. The molecule has 2 aromatic rings. The lowest BCUT2D eigenvalue weighted by Crippen LogP contribution is -1.99. The van der Waals surface area contributed by atoms with E-state index in [9.17, 15) is 24.9 Å². The predicted octanol–water partition coefficient (Wildman–Crippen LogP) is 2.54. The molecule has 24 heavy (non-hydrogen) atoms. The lowest BCUT2D eigenvalue weighted by atomic mass is 10.1. The fraction of sp³-hybridized carbons (Fsp3) is 0.0667. The van der Waals surface area contributed by atoms with Crippen molar-refractivity contribution >= 4 is 23.3 Å². The largest absolute Gasteiger partial charge is 0.504 e. The average Bonchev–Trinajstić information content (AvgIpc) is 2.52. The molecule has 0 amide bonds. The van der Waals surface area contributed by atoms with Gasteiger partial charge in [-0.2, -0.15) is 5.11 Å². The van der Waals surface area contributed by atoms with Crippen molar-refractivity contribution in [3.05, 3.63) is 41.5 Å². The summed E-state index contributed by atoms with van der Waals surface area (Å²) < 4.78 is 0. The van der Waals surface area contributed by atoms with Gasteiger partial charge in [0.1, 0.15) is 5.69 Å². The Morgan fingerprint density at radius 3 is 2.08 bits per heavy atom. The first-order valence-corrected chi connectivity index (χ1v) is 6.53. The van der Waals surface area contributed by atoms with Gasteiger partial charge in [0.2, 0.25) is 5.75 Å².